The van der Waals surface area contributed by atoms with Gasteiger partial charge in [0, 0.05) is 11.3 Å². The van der Waals surface area contributed by atoms with Crippen molar-refractivity contribution in [1.82, 2.24) is 0 Å². The Kier molecular flexibility index (Phi) is 5.47. The van der Waals surface area contributed by atoms with Gasteiger partial charge in [0.05, 0.1) is 23.2 Å². The highest BCUT2D eigenvalue weighted by Crippen LogP contribution is 2.34. The number of hydrogen-bond donors (Lipinski definition) is 4. The molecule has 0 aliphatic carbocycles. The van der Waals surface area contributed by atoms with E-state index in [0.717, 1.165) is 10.6 Å². The van der Waals surface area contributed by atoms with E-state index in [2.05, 4.69) is 10.6 Å². The maximum Gasteiger partial charge on any atom is 0.314 e. The van der Waals surface area contributed by atoms with E-state index in [0.29, 0.717) is 22.6 Å². The van der Waals surface area contributed by atoms with Crippen LogP contribution in [0.1, 0.15) is 25.0 Å². The molecular weight excluding hydrogens is 358 g/mol. The topological polar surface area (TPSA) is 102 Å². The first kappa shape index (κ1) is 19.2. The van der Waals surface area contributed by atoms with E-state index in [1.807, 2.05) is 12.2 Å². The molecule has 4 N–H and O–H groups in total. The van der Waals surface area contributed by atoms with Crippen LogP contribution in [0.2, 0.25) is 0 Å². The van der Waals surface area contributed by atoms with Crippen LogP contribution in [-0.4, -0.2) is 28.2 Å². The van der Waals surface area contributed by atoms with E-state index in [9.17, 15) is 19.9 Å². The Morgan fingerprint density at radius 3 is 2.57 bits per heavy atom. The van der Waals surface area contributed by atoms with Crippen molar-refractivity contribution in [3.63, 3.8) is 0 Å². The van der Waals surface area contributed by atoms with Crippen LogP contribution < -0.4 is 15.7 Å². The van der Waals surface area contributed by atoms with Gasteiger partial charge in [0.2, 0.25) is 0 Å². The molecule has 7 heteroatoms. The predicted molar refractivity (Wildman–Crippen MR) is 109 cm³/mol. The molecule has 0 saturated heterocycles. The van der Waals surface area contributed by atoms with Gasteiger partial charge in [-0.25, -0.2) is 5.06 Å². The molecule has 1 aliphatic heterocycles. The summed E-state index contributed by atoms with van der Waals surface area (Å²) in [4.78, 5) is 24.6. The minimum atomic E-state index is -0.858. The quantitative estimate of drug-likeness (QED) is 0.480. The zero-order chi connectivity index (χ0) is 20.3. The number of aliphatic hydroxyl groups is 1. The van der Waals surface area contributed by atoms with E-state index in [1.54, 1.807) is 56.3 Å². The molecule has 2 amide bonds. The SMILES string of the molecule is C/C(O)=C\c1cccc(NC(=O)C(=O)Nc2cccc3c2N(O)C(C)C=C3)c1. The number of amides is 2. The summed E-state index contributed by atoms with van der Waals surface area (Å²) < 4.78 is 0. The molecule has 1 atom stereocenters. The Morgan fingerprint density at radius 1 is 1.11 bits per heavy atom. The lowest BCUT2D eigenvalue weighted by Crippen LogP contribution is -2.33. The molecule has 2 aromatic carbocycles. The Labute approximate surface area is 162 Å². The fraction of sp³-hybridized carbons (Fsp3) is 0.143. The number of carbonyl (C=O) groups excluding carboxylic acids is 2. The smallest absolute Gasteiger partial charge is 0.314 e. The number of hydroxylamine groups is 1. The third kappa shape index (κ3) is 4.21. The van der Waals surface area contributed by atoms with Crippen molar-refractivity contribution in [2.24, 2.45) is 0 Å². The van der Waals surface area contributed by atoms with Crippen molar-refractivity contribution in [2.45, 2.75) is 19.9 Å². The number of rotatable bonds is 3. The molecule has 1 aliphatic rings. The van der Waals surface area contributed by atoms with Gasteiger partial charge in [-0.3, -0.25) is 14.8 Å². The molecule has 28 heavy (non-hydrogen) atoms. The van der Waals surface area contributed by atoms with Gasteiger partial charge in [-0.2, -0.15) is 0 Å². The summed E-state index contributed by atoms with van der Waals surface area (Å²) in [6.07, 6.45) is 5.22. The number of hydrogen-bond acceptors (Lipinski definition) is 5. The minimum absolute atomic E-state index is 0.131. The molecule has 1 unspecified atom stereocenters. The lowest BCUT2D eigenvalue weighted by Gasteiger charge is -2.29. The highest BCUT2D eigenvalue weighted by Gasteiger charge is 2.23. The van der Waals surface area contributed by atoms with Gasteiger partial charge in [-0.1, -0.05) is 36.4 Å². The largest absolute Gasteiger partial charge is 0.513 e. The maximum atomic E-state index is 12.4. The summed E-state index contributed by atoms with van der Waals surface area (Å²) in [5.41, 5.74) is 2.61. The predicted octanol–water partition coefficient (Wildman–Crippen LogP) is 3.79. The first-order valence-corrected chi connectivity index (χ1v) is 8.74. The van der Waals surface area contributed by atoms with Crippen LogP contribution in [0.4, 0.5) is 17.1 Å². The Bertz CT molecular complexity index is 977. The van der Waals surface area contributed by atoms with Gasteiger partial charge >= 0.3 is 11.8 Å². The van der Waals surface area contributed by atoms with Gasteiger partial charge < -0.3 is 15.7 Å². The fourth-order valence-corrected chi connectivity index (χ4v) is 2.89. The molecule has 0 aromatic heterocycles. The lowest BCUT2D eigenvalue weighted by atomic mass is 10.0. The number of benzene rings is 2. The van der Waals surface area contributed by atoms with Gasteiger partial charge in [0.15, 0.2) is 0 Å². The van der Waals surface area contributed by atoms with E-state index in [4.69, 9.17) is 0 Å². The summed E-state index contributed by atoms with van der Waals surface area (Å²) in [6.45, 7) is 3.35. The number of nitrogens with one attached hydrogen (secondary N) is 2. The standard InChI is InChI=1S/C21H21N3O4/c1-13-9-10-16-6-4-8-18(19(16)24(13)28)23-21(27)20(26)22-17-7-3-5-15(12-17)11-14(2)25/h3-13,25,28H,1-2H3,(H,22,26)(H,23,27)/b14-11+. The maximum absolute atomic E-state index is 12.4. The second-order valence-electron chi connectivity index (χ2n) is 6.51. The zero-order valence-corrected chi connectivity index (χ0v) is 15.5. The molecule has 0 spiro atoms. The summed E-state index contributed by atoms with van der Waals surface area (Å²) in [5, 5.41) is 25.8. The van der Waals surface area contributed by atoms with Crippen LogP contribution >= 0.6 is 0 Å². The third-order valence-electron chi connectivity index (χ3n) is 4.21. The van der Waals surface area contributed by atoms with Crippen LogP contribution in [0.15, 0.2) is 54.3 Å². The molecule has 0 saturated carbocycles. The number of aliphatic hydroxyl groups excluding tert-OH is 1. The number of allylic oxidation sites excluding steroid dienone is 1. The highest BCUT2D eigenvalue weighted by molar-refractivity contribution is 6.44. The summed E-state index contributed by atoms with van der Waals surface area (Å²) in [6, 6.07) is 11.6. The minimum Gasteiger partial charge on any atom is -0.513 e. The van der Waals surface area contributed by atoms with E-state index < -0.39 is 11.8 Å². The number of nitrogens with zero attached hydrogens (tertiary/aromatic N) is 1. The van der Waals surface area contributed by atoms with Gasteiger partial charge in [-0.15, -0.1) is 0 Å². The molecule has 7 nitrogen and oxygen atoms in total. The molecule has 1 heterocycles. The van der Waals surface area contributed by atoms with Crippen LogP contribution in [0.25, 0.3) is 12.2 Å². The second-order valence-corrected chi connectivity index (χ2v) is 6.51. The monoisotopic (exact) mass is 379 g/mol. The van der Waals surface area contributed by atoms with Crippen molar-refractivity contribution in [3.05, 3.63) is 65.4 Å². The van der Waals surface area contributed by atoms with Crippen LogP contribution in [-0.2, 0) is 9.59 Å². The number of carbonyl (C=O) groups is 2. The van der Waals surface area contributed by atoms with Crippen molar-refractivity contribution in [3.8, 4) is 0 Å². The molecule has 0 radical (unpaired) electrons. The average Bonchev–Trinajstić information content (AvgIpc) is 2.64. The summed E-state index contributed by atoms with van der Waals surface area (Å²) in [5.74, 6) is -1.57. The summed E-state index contributed by atoms with van der Waals surface area (Å²) in [7, 11) is 0. The molecule has 3 rings (SSSR count). The van der Waals surface area contributed by atoms with Crippen LogP contribution in [0, 0.1) is 0 Å². The van der Waals surface area contributed by atoms with Crippen molar-refractivity contribution in [2.75, 3.05) is 15.7 Å². The second kappa shape index (κ2) is 7.98. The lowest BCUT2D eigenvalue weighted by molar-refractivity contribution is -0.132. The van der Waals surface area contributed by atoms with Crippen molar-refractivity contribution >= 4 is 41.0 Å². The van der Waals surface area contributed by atoms with Crippen molar-refractivity contribution in [1.29, 1.82) is 0 Å². The molecule has 0 bridgehead atoms. The normalized spacial score (nSPS) is 15.8. The molecule has 144 valence electrons. The average molecular weight is 379 g/mol. The first-order chi connectivity index (χ1) is 13.3. The third-order valence-corrected chi connectivity index (χ3v) is 4.21. The Morgan fingerprint density at radius 2 is 1.82 bits per heavy atom. The van der Waals surface area contributed by atoms with Gasteiger partial charge in [0.1, 0.15) is 0 Å². The number of anilines is 3. The molecule has 2 aromatic rings. The first-order valence-electron chi connectivity index (χ1n) is 8.74. The number of fused-ring (bicyclic) bond motifs is 1. The Balaban J connectivity index is 1.75. The van der Waals surface area contributed by atoms with E-state index in [-0.39, 0.29) is 11.8 Å². The van der Waals surface area contributed by atoms with Gasteiger partial charge in [0.25, 0.3) is 0 Å². The number of para-hydroxylation sites is 1. The fourth-order valence-electron chi connectivity index (χ4n) is 2.89. The zero-order valence-electron chi connectivity index (χ0n) is 15.5. The summed E-state index contributed by atoms with van der Waals surface area (Å²) >= 11 is 0. The van der Waals surface area contributed by atoms with Crippen LogP contribution in [0.5, 0.6) is 0 Å². The van der Waals surface area contributed by atoms with E-state index in [1.165, 1.54) is 6.08 Å². The molecule has 0 fully saturated rings. The van der Waals surface area contributed by atoms with E-state index >= 15 is 0 Å². The van der Waals surface area contributed by atoms with Crippen molar-refractivity contribution < 1.29 is 19.9 Å². The van der Waals surface area contributed by atoms with Crippen LogP contribution in [0.3, 0.4) is 0 Å². The van der Waals surface area contributed by atoms with Gasteiger partial charge in [-0.05, 0) is 43.7 Å². The molecular formula is C21H21N3O4. The highest BCUT2D eigenvalue weighted by atomic mass is 16.5. The Hall–Kier alpha value is -3.58.